The van der Waals surface area contributed by atoms with Gasteiger partial charge in [0.25, 0.3) is 0 Å². The summed E-state index contributed by atoms with van der Waals surface area (Å²) in [6.45, 7) is -0.468. The van der Waals surface area contributed by atoms with Crippen molar-refractivity contribution >= 4 is 27.5 Å². The minimum atomic E-state index is -1.43. The Bertz CT molecular complexity index is 1220. The van der Waals surface area contributed by atoms with Crippen molar-refractivity contribution in [3.8, 4) is 17.0 Å². The Hall–Kier alpha value is -3.28. The minimum absolute atomic E-state index is 0.149. The highest BCUT2D eigenvalue weighted by molar-refractivity contribution is 6.15. The van der Waals surface area contributed by atoms with Gasteiger partial charge >= 0.3 is 0 Å². The number of fused-ring (bicyclic) bond motifs is 3. The molecule has 5 heteroatoms. The van der Waals surface area contributed by atoms with Crippen LogP contribution in [0.3, 0.4) is 0 Å². The summed E-state index contributed by atoms with van der Waals surface area (Å²) in [7, 11) is 0. The number of hydrogen-bond donors (Lipinski definition) is 2. The van der Waals surface area contributed by atoms with E-state index >= 15 is 0 Å². The van der Waals surface area contributed by atoms with Crippen LogP contribution in [0.15, 0.2) is 66.7 Å². The van der Waals surface area contributed by atoms with Crippen molar-refractivity contribution in [2.24, 2.45) is 0 Å². The zero-order valence-electron chi connectivity index (χ0n) is 14.9. The molecule has 1 aliphatic heterocycles. The maximum absolute atomic E-state index is 13.0. The maximum Gasteiger partial charge on any atom is 0.226 e. The SMILES string of the molecule is O=C1c2c(nc3cc4ccccc4cc3c2-c2ccccc2)O[C@H](CO)[C@H]1O. The standard InChI is InChI=1S/C23H17NO4/c25-12-18-21(26)22(27)20-19(13-6-2-1-3-7-13)16-10-14-8-4-5-9-15(14)11-17(16)24-23(20)28-18/h1-11,18,21,25-26H,12H2/t18-,21-/m1/s1. The molecule has 0 fully saturated rings. The molecule has 3 aromatic carbocycles. The highest BCUT2D eigenvalue weighted by atomic mass is 16.5. The van der Waals surface area contributed by atoms with Gasteiger partial charge in [-0.15, -0.1) is 0 Å². The molecule has 0 spiro atoms. The number of hydrogen-bond acceptors (Lipinski definition) is 5. The molecule has 2 atom stereocenters. The number of benzene rings is 3. The molecule has 1 aromatic heterocycles. The van der Waals surface area contributed by atoms with Gasteiger partial charge in [-0.3, -0.25) is 4.79 Å². The molecule has 5 nitrogen and oxygen atoms in total. The van der Waals surface area contributed by atoms with Gasteiger partial charge in [0.1, 0.15) is 0 Å². The summed E-state index contributed by atoms with van der Waals surface area (Å²) >= 11 is 0. The van der Waals surface area contributed by atoms with Gasteiger partial charge in [-0.05, 0) is 28.5 Å². The predicted molar refractivity (Wildman–Crippen MR) is 107 cm³/mol. The number of rotatable bonds is 2. The summed E-state index contributed by atoms with van der Waals surface area (Å²) in [4.78, 5) is 17.6. The smallest absolute Gasteiger partial charge is 0.226 e. The first-order valence-electron chi connectivity index (χ1n) is 9.09. The Morgan fingerprint density at radius 2 is 1.61 bits per heavy atom. The zero-order chi connectivity index (χ0) is 19.3. The van der Waals surface area contributed by atoms with Crippen molar-refractivity contribution < 1.29 is 19.7 Å². The van der Waals surface area contributed by atoms with Crippen LogP contribution in [0.4, 0.5) is 0 Å². The predicted octanol–water partition coefficient (Wildman–Crippen LogP) is 3.35. The van der Waals surface area contributed by atoms with E-state index < -0.39 is 24.6 Å². The molecule has 1 aliphatic rings. The fraction of sp³-hybridized carbons (Fsp3) is 0.130. The molecule has 0 saturated heterocycles. The third-order valence-electron chi connectivity index (χ3n) is 5.19. The van der Waals surface area contributed by atoms with Crippen LogP contribution in [0.5, 0.6) is 5.88 Å². The van der Waals surface area contributed by atoms with Gasteiger partial charge in [0.15, 0.2) is 12.2 Å². The van der Waals surface area contributed by atoms with Crippen LogP contribution in [0.2, 0.25) is 0 Å². The first-order chi connectivity index (χ1) is 13.7. The maximum atomic E-state index is 13.0. The average molecular weight is 371 g/mol. The van der Waals surface area contributed by atoms with Crippen molar-refractivity contribution in [2.45, 2.75) is 12.2 Å². The number of aliphatic hydroxyl groups excluding tert-OH is 2. The zero-order valence-corrected chi connectivity index (χ0v) is 14.9. The van der Waals surface area contributed by atoms with Crippen molar-refractivity contribution in [2.75, 3.05) is 6.61 Å². The normalized spacial score (nSPS) is 18.9. The second kappa shape index (κ2) is 6.41. The molecule has 0 amide bonds. The molecule has 0 unspecified atom stereocenters. The molecule has 0 bridgehead atoms. The summed E-state index contributed by atoms with van der Waals surface area (Å²) in [5.41, 5.74) is 2.48. The van der Waals surface area contributed by atoms with E-state index in [0.717, 1.165) is 21.7 Å². The van der Waals surface area contributed by atoms with Gasteiger partial charge in [-0.1, -0.05) is 54.6 Å². The Morgan fingerprint density at radius 1 is 0.929 bits per heavy atom. The van der Waals surface area contributed by atoms with E-state index in [1.54, 1.807) is 0 Å². The van der Waals surface area contributed by atoms with Gasteiger partial charge in [0.2, 0.25) is 11.7 Å². The summed E-state index contributed by atoms with van der Waals surface area (Å²) in [6, 6.07) is 21.5. The molecular weight excluding hydrogens is 354 g/mol. The van der Waals surface area contributed by atoms with E-state index in [0.29, 0.717) is 11.1 Å². The van der Waals surface area contributed by atoms with Crippen molar-refractivity contribution in [3.63, 3.8) is 0 Å². The minimum Gasteiger partial charge on any atom is -0.468 e. The number of carbonyl (C=O) groups excluding carboxylic acids is 1. The summed E-state index contributed by atoms with van der Waals surface area (Å²) in [5, 5.41) is 22.7. The van der Waals surface area contributed by atoms with Gasteiger partial charge in [-0.25, -0.2) is 4.98 Å². The molecule has 4 aromatic rings. The molecule has 0 aliphatic carbocycles. The van der Waals surface area contributed by atoms with Gasteiger partial charge in [-0.2, -0.15) is 0 Å². The second-order valence-corrected chi connectivity index (χ2v) is 6.90. The third kappa shape index (κ3) is 2.48. The lowest BCUT2D eigenvalue weighted by molar-refractivity contribution is -0.00282. The summed E-state index contributed by atoms with van der Waals surface area (Å²) < 4.78 is 5.71. The number of pyridine rings is 1. The van der Waals surface area contributed by atoms with E-state index in [2.05, 4.69) is 4.98 Å². The van der Waals surface area contributed by atoms with Crippen LogP contribution in [-0.4, -0.2) is 39.8 Å². The Morgan fingerprint density at radius 3 is 2.32 bits per heavy atom. The van der Waals surface area contributed by atoms with Crippen LogP contribution in [0, 0.1) is 0 Å². The summed E-state index contributed by atoms with van der Waals surface area (Å²) in [6.07, 6.45) is -2.45. The number of ether oxygens (including phenoxy) is 1. The van der Waals surface area contributed by atoms with Crippen molar-refractivity contribution in [1.82, 2.24) is 4.98 Å². The van der Waals surface area contributed by atoms with Gasteiger partial charge < -0.3 is 14.9 Å². The number of aliphatic hydroxyl groups is 2. The molecule has 0 saturated carbocycles. The van der Waals surface area contributed by atoms with Gasteiger partial charge in [0, 0.05) is 10.9 Å². The van der Waals surface area contributed by atoms with Crippen LogP contribution in [0.25, 0.3) is 32.8 Å². The lowest BCUT2D eigenvalue weighted by Crippen LogP contribution is -2.45. The molecule has 0 radical (unpaired) electrons. The lowest BCUT2D eigenvalue weighted by Gasteiger charge is -2.29. The third-order valence-corrected chi connectivity index (χ3v) is 5.19. The summed E-state index contributed by atoms with van der Waals surface area (Å²) in [5.74, 6) is -0.335. The number of Topliss-reactive ketones (excluding diaryl/α,β-unsaturated/α-hetero) is 1. The average Bonchev–Trinajstić information content (AvgIpc) is 2.74. The largest absolute Gasteiger partial charge is 0.468 e. The van der Waals surface area contributed by atoms with E-state index in [4.69, 9.17) is 4.74 Å². The van der Waals surface area contributed by atoms with E-state index in [1.807, 2.05) is 66.7 Å². The Kier molecular flexibility index (Phi) is 3.86. The molecule has 138 valence electrons. The van der Waals surface area contributed by atoms with Gasteiger partial charge in [0.05, 0.1) is 17.7 Å². The monoisotopic (exact) mass is 371 g/mol. The number of aromatic nitrogens is 1. The number of ketones is 1. The number of carbonyl (C=O) groups is 1. The Balaban J connectivity index is 1.91. The fourth-order valence-corrected chi connectivity index (χ4v) is 3.81. The molecular formula is C23H17NO4. The molecule has 2 heterocycles. The quantitative estimate of drug-likeness (QED) is 0.528. The van der Waals surface area contributed by atoms with Crippen molar-refractivity contribution in [3.05, 3.63) is 72.3 Å². The molecule has 28 heavy (non-hydrogen) atoms. The topological polar surface area (TPSA) is 79.7 Å². The first-order valence-corrected chi connectivity index (χ1v) is 9.09. The lowest BCUT2D eigenvalue weighted by atomic mass is 9.89. The van der Waals surface area contributed by atoms with E-state index in [9.17, 15) is 15.0 Å². The first kappa shape index (κ1) is 16.9. The van der Waals surface area contributed by atoms with Crippen LogP contribution >= 0.6 is 0 Å². The Labute approximate surface area is 160 Å². The molecule has 5 rings (SSSR count). The van der Waals surface area contributed by atoms with E-state index in [1.165, 1.54) is 0 Å². The second-order valence-electron chi connectivity index (χ2n) is 6.90. The van der Waals surface area contributed by atoms with Crippen LogP contribution < -0.4 is 4.74 Å². The van der Waals surface area contributed by atoms with Crippen LogP contribution in [0.1, 0.15) is 10.4 Å². The van der Waals surface area contributed by atoms with Crippen molar-refractivity contribution in [1.29, 1.82) is 0 Å². The fourth-order valence-electron chi connectivity index (χ4n) is 3.81. The highest BCUT2D eigenvalue weighted by Gasteiger charge is 2.39. The highest BCUT2D eigenvalue weighted by Crippen LogP contribution is 2.40. The van der Waals surface area contributed by atoms with E-state index in [-0.39, 0.29) is 11.4 Å². The molecule has 2 N–H and O–H groups in total. The number of nitrogens with zero attached hydrogens (tertiary/aromatic N) is 1. The van der Waals surface area contributed by atoms with Crippen LogP contribution in [-0.2, 0) is 0 Å².